The number of ether oxygens (including phenoxy) is 1. The van der Waals surface area contributed by atoms with E-state index >= 15 is 0 Å². The molecule has 0 fully saturated rings. The average molecular weight is 294 g/mol. The van der Waals surface area contributed by atoms with Gasteiger partial charge < -0.3 is 9.64 Å². The molecule has 6 heteroatoms. The summed E-state index contributed by atoms with van der Waals surface area (Å²) in [5.74, 6) is -1.18. The van der Waals surface area contributed by atoms with Crippen molar-refractivity contribution in [3.63, 3.8) is 0 Å². The van der Waals surface area contributed by atoms with Crippen molar-refractivity contribution in [2.75, 3.05) is 27.3 Å². The Morgan fingerprint density at radius 3 is 2.83 bits per heavy atom. The lowest BCUT2D eigenvalue weighted by Gasteiger charge is -2.20. The summed E-state index contributed by atoms with van der Waals surface area (Å²) in [5, 5.41) is -0.417. The first-order chi connectivity index (χ1) is 8.47. The molecule has 0 aromatic heterocycles. The molecule has 0 bridgehead atoms. The monoisotopic (exact) mass is 293 g/mol. The van der Waals surface area contributed by atoms with Crippen molar-refractivity contribution in [1.82, 2.24) is 4.90 Å². The van der Waals surface area contributed by atoms with Gasteiger partial charge in [-0.05, 0) is 12.1 Å². The summed E-state index contributed by atoms with van der Waals surface area (Å²) in [5.41, 5.74) is -0.0636. The minimum Gasteiger partial charge on any atom is -0.383 e. The lowest BCUT2D eigenvalue weighted by molar-refractivity contribution is 0.0777. The minimum absolute atomic E-state index is 0.0636. The van der Waals surface area contributed by atoms with Gasteiger partial charge in [0.1, 0.15) is 0 Å². The van der Waals surface area contributed by atoms with E-state index in [0.29, 0.717) is 6.61 Å². The summed E-state index contributed by atoms with van der Waals surface area (Å²) in [6, 6.07) is 4.31. The molecular weight excluding hydrogens is 280 g/mol. The highest BCUT2D eigenvalue weighted by Gasteiger charge is 2.19. The summed E-state index contributed by atoms with van der Waals surface area (Å²) in [6.07, 6.45) is 0. The Balaban J connectivity index is 2.77. The van der Waals surface area contributed by atoms with Crippen LogP contribution in [0, 0.1) is 5.82 Å². The van der Waals surface area contributed by atoms with Crippen LogP contribution in [0.3, 0.4) is 0 Å². The third-order valence-corrected chi connectivity index (χ3v) is 2.90. The fraction of sp³-hybridized carbons (Fsp3) is 0.417. The van der Waals surface area contributed by atoms with Crippen LogP contribution >= 0.6 is 23.2 Å². The van der Waals surface area contributed by atoms with Crippen molar-refractivity contribution in [3.05, 3.63) is 34.6 Å². The zero-order valence-corrected chi connectivity index (χ0v) is 11.6. The van der Waals surface area contributed by atoms with E-state index in [1.165, 1.54) is 30.2 Å². The van der Waals surface area contributed by atoms with Gasteiger partial charge in [0.05, 0.1) is 22.6 Å². The normalized spacial score (nSPS) is 12.3. The van der Waals surface area contributed by atoms with Gasteiger partial charge in [0.25, 0.3) is 5.91 Å². The molecular formula is C12H14Cl2FNO2. The Labute approximate surface area is 115 Å². The highest BCUT2D eigenvalue weighted by Crippen LogP contribution is 2.19. The molecule has 0 spiro atoms. The second-order valence-corrected chi connectivity index (χ2v) is 4.86. The molecule has 0 heterocycles. The van der Waals surface area contributed by atoms with Crippen molar-refractivity contribution < 1.29 is 13.9 Å². The third-order valence-electron chi connectivity index (χ3n) is 2.35. The van der Waals surface area contributed by atoms with Crippen LogP contribution in [0.25, 0.3) is 0 Å². The van der Waals surface area contributed by atoms with E-state index in [-0.39, 0.29) is 22.5 Å². The minimum atomic E-state index is -0.714. The number of alkyl halides is 1. The maximum atomic E-state index is 13.7. The fourth-order valence-electron chi connectivity index (χ4n) is 1.49. The van der Waals surface area contributed by atoms with Gasteiger partial charge in [-0.25, -0.2) is 4.39 Å². The van der Waals surface area contributed by atoms with Crippen LogP contribution in [0.15, 0.2) is 18.2 Å². The lowest BCUT2D eigenvalue weighted by atomic mass is 10.2. The smallest absolute Gasteiger partial charge is 0.256 e. The first-order valence-corrected chi connectivity index (χ1v) is 6.11. The molecule has 0 saturated carbocycles. The number of carbonyl (C=O) groups excluding carboxylic acids is 1. The Morgan fingerprint density at radius 2 is 2.22 bits per heavy atom. The van der Waals surface area contributed by atoms with Gasteiger partial charge in [0.2, 0.25) is 0 Å². The number of amides is 1. The molecule has 0 saturated heterocycles. The Morgan fingerprint density at radius 1 is 1.56 bits per heavy atom. The quantitative estimate of drug-likeness (QED) is 0.782. The maximum absolute atomic E-state index is 13.7. The molecule has 1 amide bonds. The number of nitrogens with zero attached hydrogens (tertiary/aromatic N) is 1. The number of carbonyl (C=O) groups is 1. The van der Waals surface area contributed by atoms with Crippen molar-refractivity contribution in [2.24, 2.45) is 0 Å². The number of hydrogen-bond acceptors (Lipinski definition) is 2. The standard InChI is InChI=1S/C12H14Cl2FNO2/c1-16(6-8(13)7-18-2)12(17)9-4-3-5-10(14)11(9)15/h3-5,8H,6-7H2,1-2H3. The molecule has 0 aliphatic heterocycles. The second-order valence-electron chi connectivity index (χ2n) is 3.84. The Kier molecular flexibility index (Phi) is 5.85. The predicted molar refractivity (Wildman–Crippen MR) is 69.9 cm³/mol. The first-order valence-electron chi connectivity index (χ1n) is 5.29. The van der Waals surface area contributed by atoms with E-state index in [0.717, 1.165) is 0 Å². The molecule has 1 unspecified atom stereocenters. The van der Waals surface area contributed by atoms with Gasteiger partial charge in [0.15, 0.2) is 5.82 Å². The Bertz CT molecular complexity index is 429. The zero-order chi connectivity index (χ0) is 13.7. The zero-order valence-electron chi connectivity index (χ0n) is 10.1. The third kappa shape index (κ3) is 3.83. The van der Waals surface area contributed by atoms with E-state index in [1.54, 1.807) is 7.05 Å². The summed E-state index contributed by atoms with van der Waals surface area (Å²) < 4.78 is 18.5. The van der Waals surface area contributed by atoms with Gasteiger partial charge in [0, 0.05) is 20.7 Å². The summed E-state index contributed by atoms with van der Waals surface area (Å²) in [6.45, 7) is 0.581. The predicted octanol–water partition coefficient (Wildman–Crippen LogP) is 2.80. The SMILES string of the molecule is COCC(Cl)CN(C)C(=O)c1cccc(Cl)c1F. The van der Waals surface area contributed by atoms with Crippen LogP contribution in [0.4, 0.5) is 4.39 Å². The number of methoxy groups -OCH3 is 1. The van der Waals surface area contributed by atoms with Gasteiger partial charge in [-0.3, -0.25) is 4.79 Å². The van der Waals surface area contributed by atoms with Gasteiger partial charge in [-0.15, -0.1) is 11.6 Å². The summed E-state index contributed by atoms with van der Waals surface area (Å²) in [7, 11) is 3.07. The van der Waals surface area contributed by atoms with Crippen LogP contribution in [0.2, 0.25) is 5.02 Å². The van der Waals surface area contributed by atoms with Gasteiger partial charge in [-0.1, -0.05) is 17.7 Å². The van der Waals surface area contributed by atoms with Gasteiger partial charge >= 0.3 is 0 Å². The van der Waals surface area contributed by atoms with E-state index in [1.807, 2.05) is 0 Å². The number of hydrogen-bond donors (Lipinski definition) is 0. The molecule has 3 nitrogen and oxygen atoms in total. The molecule has 1 aromatic carbocycles. The van der Waals surface area contributed by atoms with Crippen LogP contribution in [0.1, 0.15) is 10.4 Å². The van der Waals surface area contributed by atoms with Crippen LogP contribution in [-0.2, 0) is 4.74 Å². The van der Waals surface area contributed by atoms with E-state index < -0.39 is 11.7 Å². The summed E-state index contributed by atoms with van der Waals surface area (Å²) >= 11 is 11.6. The van der Waals surface area contributed by atoms with Crippen molar-refractivity contribution in [3.8, 4) is 0 Å². The molecule has 0 aliphatic rings. The molecule has 0 N–H and O–H groups in total. The molecule has 0 aliphatic carbocycles. The first kappa shape index (κ1) is 15.2. The summed E-state index contributed by atoms with van der Waals surface area (Å²) in [4.78, 5) is 13.3. The van der Waals surface area contributed by atoms with E-state index in [9.17, 15) is 9.18 Å². The van der Waals surface area contributed by atoms with Gasteiger partial charge in [-0.2, -0.15) is 0 Å². The molecule has 100 valence electrons. The number of rotatable bonds is 5. The van der Waals surface area contributed by atoms with E-state index in [4.69, 9.17) is 27.9 Å². The van der Waals surface area contributed by atoms with Crippen molar-refractivity contribution in [1.29, 1.82) is 0 Å². The van der Waals surface area contributed by atoms with Crippen LogP contribution < -0.4 is 0 Å². The topological polar surface area (TPSA) is 29.5 Å². The molecule has 1 atom stereocenters. The molecule has 1 aromatic rings. The highest BCUT2D eigenvalue weighted by atomic mass is 35.5. The van der Waals surface area contributed by atoms with Crippen molar-refractivity contribution in [2.45, 2.75) is 5.38 Å². The Hall–Kier alpha value is -0.840. The van der Waals surface area contributed by atoms with E-state index in [2.05, 4.69) is 0 Å². The number of halogens is 3. The maximum Gasteiger partial charge on any atom is 0.256 e. The second kappa shape index (κ2) is 6.92. The van der Waals surface area contributed by atoms with Crippen LogP contribution in [-0.4, -0.2) is 43.5 Å². The molecule has 1 rings (SSSR count). The average Bonchev–Trinajstić information content (AvgIpc) is 2.32. The van der Waals surface area contributed by atoms with Crippen LogP contribution in [0.5, 0.6) is 0 Å². The van der Waals surface area contributed by atoms with Crippen molar-refractivity contribution >= 4 is 29.1 Å². The molecule has 18 heavy (non-hydrogen) atoms. The highest BCUT2D eigenvalue weighted by molar-refractivity contribution is 6.31. The fourth-order valence-corrected chi connectivity index (χ4v) is 2.00. The lowest BCUT2D eigenvalue weighted by Crippen LogP contribution is -2.34. The largest absolute Gasteiger partial charge is 0.383 e. The molecule has 0 radical (unpaired) electrons. The number of benzene rings is 1.